The normalized spacial score (nSPS) is 13.6. The Bertz CT molecular complexity index is 598. The van der Waals surface area contributed by atoms with Gasteiger partial charge in [-0.3, -0.25) is 0 Å². The molecule has 0 aromatic heterocycles. The zero-order valence-corrected chi connectivity index (χ0v) is 12.5. The molecule has 2 unspecified atom stereocenters. The van der Waals surface area contributed by atoms with Crippen molar-refractivity contribution in [1.82, 2.24) is 0 Å². The molecule has 0 aliphatic carbocycles. The van der Waals surface area contributed by atoms with Crippen molar-refractivity contribution in [2.45, 2.75) is 26.0 Å². The summed E-state index contributed by atoms with van der Waals surface area (Å²) in [6, 6.07) is 12.2. The molecule has 2 aromatic rings. The summed E-state index contributed by atoms with van der Waals surface area (Å²) in [7, 11) is 1.61. The Kier molecular flexibility index (Phi) is 4.81. The van der Waals surface area contributed by atoms with Gasteiger partial charge in [0, 0.05) is 0 Å². The summed E-state index contributed by atoms with van der Waals surface area (Å²) in [5.41, 5.74) is 7.64. The van der Waals surface area contributed by atoms with Crippen molar-refractivity contribution in [3.63, 3.8) is 0 Å². The van der Waals surface area contributed by atoms with Gasteiger partial charge in [0.05, 0.1) is 13.2 Å². The van der Waals surface area contributed by atoms with E-state index < -0.39 is 0 Å². The molecule has 0 saturated carbocycles. The third kappa shape index (κ3) is 3.52. The largest absolute Gasteiger partial charge is 0.497 e. The Morgan fingerprint density at radius 1 is 1.10 bits per heavy atom. The molecule has 0 aliphatic rings. The van der Waals surface area contributed by atoms with E-state index in [0.29, 0.717) is 5.56 Å². The minimum atomic E-state index is -0.352. The summed E-state index contributed by atoms with van der Waals surface area (Å²) >= 11 is 0. The zero-order chi connectivity index (χ0) is 15.4. The quantitative estimate of drug-likeness (QED) is 0.914. The van der Waals surface area contributed by atoms with Crippen LogP contribution < -0.4 is 15.2 Å². The third-order valence-electron chi connectivity index (χ3n) is 3.48. The smallest absolute Gasteiger partial charge is 0.167 e. The van der Waals surface area contributed by atoms with Gasteiger partial charge in [-0.25, -0.2) is 4.39 Å². The van der Waals surface area contributed by atoms with Crippen molar-refractivity contribution < 1.29 is 13.9 Å². The number of benzene rings is 2. The lowest BCUT2D eigenvalue weighted by atomic mass is 10.0. The van der Waals surface area contributed by atoms with Crippen LogP contribution in [0.15, 0.2) is 42.5 Å². The Balaban J connectivity index is 2.11. The molecule has 0 saturated heterocycles. The molecule has 2 N–H and O–H groups in total. The van der Waals surface area contributed by atoms with Crippen LogP contribution in [0, 0.1) is 12.7 Å². The minimum absolute atomic E-state index is 0.228. The summed E-state index contributed by atoms with van der Waals surface area (Å²) in [5.74, 6) is 0.655. The van der Waals surface area contributed by atoms with Crippen LogP contribution in [0.1, 0.15) is 24.1 Å². The summed E-state index contributed by atoms with van der Waals surface area (Å²) < 4.78 is 24.7. The van der Waals surface area contributed by atoms with Gasteiger partial charge in [-0.2, -0.15) is 0 Å². The first-order valence-electron chi connectivity index (χ1n) is 6.84. The van der Waals surface area contributed by atoms with Crippen molar-refractivity contribution in [1.29, 1.82) is 0 Å². The molecule has 0 aliphatic heterocycles. The van der Waals surface area contributed by atoms with Gasteiger partial charge >= 0.3 is 0 Å². The second-order valence-corrected chi connectivity index (χ2v) is 5.01. The van der Waals surface area contributed by atoms with Crippen molar-refractivity contribution in [2.75, 3.05) is 7.11 Å². The number of rotatable bonds is 5. The van der Waals surface area contributed by atoms with E-state index in [0.717, 1.165) is 11.3 Å². The van der Waals surface area contributed by atoms with E-state index in [4.69, 9.17) is 15.2 Å². The zero-order valence-electron chi connectivity index (χ0n) is 12.5. The van der Waals surface area contributed by atoms with Gasteiger partial charge in [-0.15, -0.1) is 0 Å². The molecule has 0 fully saturated rings. The Hall–Kier alpha value is -2.07. The van der Waals surface area contributed by atoms with Crippen molar-refractivity contribution >= 4 is 0 Å². The predicted molar refractivity (Wildman–Crippen MR) is 81.1 cm³/mol. The molecule has 0 radical (unpaired) electrons. The number of hydrogen-bond donors (Lipinski definition) is 1. The van der Waals surface area contributed by atoms with Gasteiger partial charge in [0.25, 0.3) is 0 Å². The van der Waals surface area contributed by atoms with Crippen LogP contribution in [0.2, 0.25) is 0 Å². The fourth-order valence-electron chi connectivity index (χ4n) is 2.08. The SMILES string of the molecule is COc1ccc(C(N)C(C)Oc2cccc(C)c2F)cc1. The fourth-order valence-corrected chi connectivity index (χ4v) is 2.08. The summed E-state index contributed by atoms with van der Waals surface area (Å²) in [6.45, 7) is 3.53. The van der Waals surface area contributed by atoms with Crippen LogP contribution in [0.4, 0.5) is 4.39 Å². The first-order chi connectivity index (χ1) is 10.0. The lowest BCUT2D eigenvalue weighted by Crippen LogP contribution is -2.29. The molecule has 0 spiro atoms. The molecule has 2 atom stereocenters. The maximum absolute atomic E-state index is 13.9. The van der Waals surface area contributed by atoms with E-state index in [1.165, 1.54) is 0 Å². The molecule has 0 bridgehead atoms. The topological polar surface area (TPSA) is 44.5 Å². The van der Waals surface area contributed by atoms with Crippen LogP contribution in [-0.4, -0.2) is 13.2 Å². The van der Waals surface area contributed by atoms with E-state index >= 15 is 0 Å². The van der Waals surface area contributed by atoms with E-state index in [-0.39, 0.29) is 23.7 Å². The van der Waals surface area contributed by atoms with E-state index in [1.807, 2.05) is 31.2 Å². The highest BCUT2D eigenvalue weighted by molar-refractivity contribution is 5.32. The molecular formula is C17H20FNO2. The maximum atomic E-state index is 13.9. The second kappa shape index (κ2) is 6.59. The number of methoxy groups -OCH3 is 1. The molecule has 2 rings (SSSR count). The van der Waals surface area contributed by atoms with Gasteiger partial charge in [0.2, 0.25) is 0 Å². The van der Waals surface area contributed by atoms with E-state index in [1.54, 1.807) is 32.2 Å². The standard InChI is InChI=1S/C17H20FNO2/c1-11-5-4-6-15(16(11)18)21-12(2)17(19)13-7-9-14(20-3)10-8-13/h4-10,12,17H,19H2,1-3H3. The summed E-state index contributed by atoms with van der Waals surface area (Å²) in [5, 5.41) is 0. The molecule has 112 valence electrons. The number of hydrogen-bond acceptors (Lipinski definition) is 3. The Labute approximate surface area is 124 Å². The minimum Gasteiger partial charge on any atom is -0.497 e. The molecule has 0 heterocycles. The number of halogens is 1. The van der Waals surface area contributed by atoms with Crippen LogP contribution in [0.5, 0.6) is 11.5 Å². The Morgan fingerprint density at radius 2 is 1.76 bits per heavy atom. The summed E-state index contributed by atoms with van der Waals surface area (Å²) in [6.07, 6.45) is -0.352. The molecule has 3 nitrogen and oxygen atoms in total. The lowest BCUT2D eigenvalue weighted by molar-refractivity contribution is 0.182. The molecule has 0 amide bonds. The van der Waals surface area contributed by atoms with Gasteiger partial charge in [-0.05, 0) is 43.2 Å². The number of aryl methyl sites for hydroxylation is 1. The molecule has 2 aromatic carbocycles. The highest BCUT2D eigenvalue weighted by atomic mass is 19.1. The fraction of sp³-hybridized carbons (Fsp3) is 0.294. The lowest BCUT2D eigenvalue weighted by Gasteiger charge is -2.22. The molecule has 4 heteroatoms. The molecule has 21 heavy (non-hydrogen) atoms. The Morgan fingerprint density at radius 3 is 2.38 bits per heavy atom. The molecular weight excluding hydrogens is 269 g/mol. The van der Waals surface area contributed by atoms with Crippen molar-refractivity contribution in [3.05, 3.63) is 59.4 Å². The van der Waals surface area contributed by atoms with E-state index in [9.17, 15) is 4.39 Å². The third-order valence-corrected chi connectivity index (χ3v) is 3.48. The van der Waals surface area contributed by atoms with Crippen LogP contribution in [0.3, 0.4) is 0 Å². The van der Waals surface area contributed by atoms with Crippen LogP contribution in [-0.2, 0) is 0 Å². The predicted octanol–water partition coefficient (Wildman–Crippen LogP) is 3.61. The van der Waals surface area contributed by atoms with Gasteiger partial charge in [-0.1, -0.05) is 24.3 Å². The van der Waals surface area contributed by atoms with Crippen LogP contribution in [0.25, 0.3) is 0 Å². The highest BCUT2D eigenvalue weighted by Gasteiger charge is 2.18. The first-order valence-corrected chi connectivity index (χ1v) is 6.84. The highest BCUT2D eigenvalue weighted by Crippen LogP contribution is 2.25. The summed E-state index contributed by atoms with van der Waals surface area (Å²) in [4.78, 5) is 0. The first kappa shape index (κ1) is 15.3. The van der Waals surface area contributed by atoms with Gasteiger partial charge in [0.15, 0.2) is 11.6 Å². The van der Waals surface area contributed by atoms with Gasteiger partial charge in [0.1, 0.15) is 11.9 Å². The van der Waals surface area contributed by atoms with Crippen molar-refractivity contribution in [3.8, 4) is 11.5 Å². The second-order valence-electron chi connectivity index (χ2n) is 5.01. The van der Waals surface area contributed by atoms with E-state index in [2.05, 4.69) is 0 Å². The number of ether oxygens (including phenoxy) is 2. The van der Waals surface area contributed by atoms with Crippen molar-refractivity contribution in [2.24, 2.45) is 5.73 Å². The van der Waals surface area contributed by atoms with Gasteiger partial charge < -0.3 is 15.2 Å². The average Bonchev–Trinajstić information content (AvgIpc) is 2.51. The average molecular weight is 289 g/mol. The maximum Gasteiger partial charge on any atom is 0.167 e. The monoisotopic (exact) mass is 289 g/mol. The van der Waals surface area contributed by atoms with Crippen LogP contribution >= 0.6 is 0 Å². The number of nitrogens with two attached hydrogens (primary N) is 1.